The molecule has 1 heterocycles. The van der Waals surface area contributed by atoms with Gasteiger partial charge in [0.25, 0.3) is 0 Å². The van der Waals surface area contributed by atoms with Crippen LogP contribution in [0.15, 0.2) is 0 Å². The lowest BCUT2D eigenvalue weighted by atomic mass is 9.87. The van der Waals surface area contributed by atoms with E-state index in [1.165, 1.54) is 7.11 Å². The zero-order chi connectivity index (χ0) is 11.6. The van der Waals surface area contributed by atoms with Gasteiger partial charge in [0, 0.05) is 12.5 Å². The Kier molecular flexibility index (Phi) is 3.37. The van der Waals surface area contributed by atoms with Gasteiger partial charge >= 0.3 is 6.09 Å². The number of carbonyl (C=O) groups excluding carboxylic acids is 2. The molecule has 4 heteroatoms. The van der Waals surface area contributed by atoms with Gasteiger partial charge in [0.15, 0.2) is 5.78 Å². The second-order valence-electron chi connectivity index (χ2n) is 4.52. The molecule has 1 rings (SSSR count). The maximum atomic E-state index is 12.0. The van der Waals surface area contributed by atoms with Crippen LogP contribution in [0.5, 0.6) is 0 Å². The first kappa shape index (κ1) is 12.0. The van der Waals surface area contributed by atoms with Gasteiger partial charge in [0.05, 0.1) is 7.11 Å². The van der Waals surface area contributed by atoms with Crippen LogP contribution in [-0.4, -0.2) is 36.0 Å². The predicted molar refractivity (Wildman–Crippen MR) is 56.6 cm³/mol. The number of Topliss-reactive ketones (excluding diaryl/α,β-unsaturated/α-hetero) is 1. The standard InChI is InChI=1S/C11H19NO3/c1-8(2)9(13)11(3)6-5-7-12(11)10(14)15-4/h8H,5-7H2,1-4H3/t11-/m0/s1. The van der Waals surface area contributed by atoms with Crippen molar-refractivity contribution < 1.29 is 14.3 Å². The summed E-state index contributed by atoms with van der Waals surface area (Å²) in [5.74, 6) is 0.0608. The van der Waals surface area contributed by atoms with Gasteiger partial charge in [-0.1, -0.05) is 13.8 Å². The van der Waals surface area contributed by atoms with Gasteiger partial charge in [-0.15, -0.1) is 0 Å². The third kappa shape index (κ3) is 1.98. The molecule has 0 saturated carbocycles. The molecule has 1 saturated heterocycles. The Bertz CT molecular complexity index is 275. The fourth-order valence-corrected chi connectivity index (χ4v) is 2.24. The number of carbonyl (C=O) groups is 2. The summed E-state index contributed by atoms with van der Waals surface area (Å²) in [5, 5.41) is 0. The Labute approximate surface area is 90.6 Å². The van der Waals surface area contributed by atoms with Crippen LogP contribution in [0.25, 0.3) is 0 Å². The topological polar surface area (TPSA) is 46.6 Å². The van der Waals surface area contributed by atoms with Crippen molar-refractivity contribution >= 4 is 11.9 Å². The summed E-state index contributed by atoms with van der Waals surface area (Å²) in [6, 6.07) is 0. The highest BCUT2D eigenvalue weighted by atomic mass is 16.5. The maximum Gasteiger partial charge on any atom is 0.410 e. The Balaban J connectivity index is 2.91. The van der Waals surface area contributed by atoms with Crippen LogP contribution >= 0.6 is 0 Å². The molecule has 4 nitrogen and oxygen atoms in total. The minimum Gasteiger partial charge on any atom is -0.453 e. The normalized spacial score (nSPS) is 25.8. The second kappa shape index (κ2) is 4.21. The minimum atomic E-state index is -0.665. The first-order valence-corrected chi connectivity index (χ1v) is 5.33. The molecule has 0 aliphatic carbocycles. The van der Waals surface area contributed by atoms with Gasteiger partial charge in [0.2, 0.25) is 0 Å². The van der Waals surface area contributed by atoms with Gasteiger partial charge in [-0.25, -0.2) is 4.79 Å². The van der Waals surface area contributed by atoms with Crippen molar-refractivity contribution in [1.29, 1.82) is 0 Å². The number of ether oxygens (including phenoxy) is 1. The summed E-state index contributed by atoms with van der Waals surface area (Å²) < 4.78 is 4.69. The molecule has 0 aromatic carbocycles. The third-order valence-electron chi connectivity index (χ3n) is 3.09. The van der Waals surface area contributed by atoms with E-state index in [-0.39, 0.29) is 11.7 Å². The highest BCUT2D eigenvalue weighted by Crippen LogP contribution is 2.32. The minimum absolute atomic E-state index is 0.0553. The van der Waals surface area contributed by atoms with Gasteiger partial charge < -0.3 is 4.74 Å². The molecule has 0 unspecified atom stereocenters. The van der Waals surface area contributed by atoms with E-state index < -0.39 is 11.6 Å². The largest absolute Gasteiger partial charge is 0.453 e. The van der Waals surface area contributed by atoms with E-state index in [9.17, 15) is 9.59 Å². The van der Waals surface area contributed by atoms with Crippen LogP contribution in [0.4, 0.5) is 4.79 Å². The summed E-state index contributed by atoms with van der Waals surface area (Å²) in [6.07, 6.45) is 1.20. The molecule has 1 aliphatic rings. The molecule has 15 heavy (non-hydrogen) atoms. The zero-order valence-corrected chi connectivity index (χ0v) is 9.87. The lowest BCUT2D eigenvalue weighted by Crippen LogP contribution is -2.52. The molecular formula is C11H19NO3. The van der Waals surface area contributed by atoms with Crippen molar-refractivity contribution in [2.45, 2.75) is 39.2 Å². The summed E-state index contributed by atoms with van der Waals surface area (Å²) in [7, 11) is 1.35. The first-order valence-electron chi connectivity index (χ1n) is 5.33. The smallest absolute Gasteiger partial charge is 0.410 e. The lowest BCUT2D eigenvalue weighted by molar-refractivity contribution is -0.131. The highest BCUT2D eigenvalue weighted by Gasteiger charge is 2.46. The van der Waals surface area contributed by atoms with Crippen LogP contribution in [0.3, 0.4) is 0 Å². The quantitative estimate of drug-likeness (QED) is 0.703. The maximum absolute atomic E-state index is 12.0. The summed E-state index contributed by atoms with van der Waals surface area (Å²) >= 11 is 0. The van der Waals surface area contributed by atoms with Crippen LogP contribution in [0.2, 0.25) is 0 Å². The van der Waals surface area contributed by atoms with Gasteiger partial charge in [-0.2, -0.15) is 0 Å². The van der Waals surface area contributed by atoms with Crippen LogP contribution in [0, 0.1) is 5.92 Å². The Morgan fingerprint density at radius 1 is 1.40 bits per heavy atom. The number of hydrogen-bond acceptors (Lipinski definition) is 3. The van der Waals surface area contributed by atoms with E-state index in [0.717, 1.165) is 12.8 Å². The number of amides is 1. The zero-order valence-electron chi connectivity index (χ0n) is 9.87. The molecule has 0 aromatic heterocycles. The van der Waals surface area contributed by atoms with E-state index in [2.05, 4.69) is 0 Å². The Hall–Kier alpha value is -1.06. The fraction of sp³-hybridized carbons (Fsp3) is 0.818. The van der Waals surface area contributed by atoms with Gasteiger partial charge in [0.1, 0.15) is 5.54 Å². The van der Waals surface area contributed by atoms with Crippen molar-refractivity contribution in [1.82, 2.24) is 4.90 Å². The Morgan fingerprint density at radius 3 is 2.47 bits per heavy atom. The number of rotatable bonds is 2. The highest BCUT2D eigenvalue weighted by molar-refractivity contribution is 5.93. The van der Waals surface area contributed by atoms with Crippen molar-refractivity contribution in [2.24, 2.45) is 5.92 Å². The number of likely N-dealkylation sites (tertiary alicyclic amines) is 1. The molecule has 0 N–H and O–H groups in total. The molecular weight excluding hydrogens is 194 g/mol. The van der Waals surface area contributed by atoms with Crippen molar-refractivity contribution in [2.75, 3.05) is 13.7 Å². The molecule has 0 spiro atoms. The van der Waals surface area contributed by atoms with E-state index >= 15 is 0 Å². The van der Waals surface area contributed by atoms with E-state index in [0.29, 0.717) is 6.54 Å². The van der Waals surface area contributed by atoms with E-state index in [4.69, 9.17) is 4.74 Å². The number of hydrogen-bond donors (Lipinski definition) is 0. The van der Waals surface area contributed by atoms with Crippen molar-refractivity contribution in [3.8, 4) is 0 Å². The van der Waals surface area contributed by atoms with Crippen LogP contribution in [0.1, 0.15) is 33.6 Å². The summed E-state index contributed by atoms with van der Waals surface area (Å²) in [6.45, 7) is 6.17. The van der Waals surface area contributed by atoms with E-state index in [1.807, 2.05) is 20.8 Å². The van der Waals surface area contributed by atoms with Crippen molar-refractivity contribution in [3.05, 3.63) is 0 Å². The number of ketones is 1. The average Bonchev–Trinajstić information content (AvgIpc) is 2.59. The molecule has 0 bridgehead atoms. The molecule has 0 radical (unpaired) electrons. The van der Waals surface area contributed by atoms with E-state index in [1.54, 1.807) is 4.90 Å². The third-order valence-corrected chi connectivity index (χ3v) is 3.09. The SMILES string of the molecule is COC(=O)N1CCC[C@@]1(C)C(=O)C(C)C. The predicted octanol–water partition coefficient (Wildman–Crippen LogP) is 1.83. The van der Waals surface area contributed by atoms with Gasteiger partial charge in [-0.3, -0.25) is 9.69 Å². The molecule has 1 amide bonds. The van der Waals surface area contributed by atoms with Crippen LogP contribution in [-0.2, 0) is 9.53 Å². The monoisotopic (exact) mass is 213 g/mol. The summed E-state index contributed by atoms with van der Waals surface area (Å²) in [4.78, 5) is 25.1. The van der Waals surface area contributed by atoms with Gasteiger partial charge in [-0.05, 0) is 19.8 Å². The molecule has 1 fully saturated rings. The second-order valence-corrected chi connectivity index (χ2v) is 4.52. The molecule has 1 aliphatic heterocycles. The Morgan fingerprint density at radius 2 is 2.00 bits per heavy atom. The first-order chi connectivity index (χ1) is 6.93. The molecule has 1 atom stereocenters. The van der Waals surface area contributed by atoms with Crippen molar-refractivity contribution in [3.63, 3.8) is 0 Å². The lowest BCUT2D eigenvalue weighted by Gasteiger charge is -2.33. The number of methoxy groups -OCH3 is 1. The average molecular weight is 213 g/mol. The molecule has 86 valence electrons. The van der Waals surface area contributed by atoms with Crippen LogP contribution < -0.4 is 0 Å². The fourth-order valence-electron chi connectivity index (χ4n) is 2.24. The molecule has 0 aromatic rings. The number of nitrogens with zero attached hydrogens (tertiary/aromatic N) is 1. The summed E-state index contributed by atoms with van der Waals surface area (Å²) in [5.41, 5.74) is -0.665.